The topological polar surface area (TPSA) is 75.9 Å². The molecule has 1 aliphatic rings. The van der Waals surface area contributed by atoms with Crippen LogP contribution in [0.4, 0.5) is 0 Å². The van der Waals surface area contributed by atoms with Crippen LogP contribution >= 0.6 is 0 Å². The third-order valence-electron chi connectivity index (χ3n) is 2.81. The van der Waals surface area contributed by atoms with Gasteiger partial charge in [0.25, 0.3) is 5.56 Å². The van der Waals surface area contributed by atoms with Crippen molar-refractivity contribution in [1.29, 1.82) is 0 Å². The van der Waals surface area contributed by atoms with E-state index in [9.17, 15) is 9.59 Å². The molecule has 7 heteroatoms. The van der Waals surface area contributed by atoms with E-state index < -0.39 is 11.2 Å². The number of nitrogens with one attached hydrogen (secondary N) is 1. The van der Waals surface area contributed by atoms with Gasteiger partial charge in [-0.1, -0.05) is 0 Å². The number of rotatable bonds is 1. The molecule has 0 radical (unpaired) electrons. The van der Waals surface area contributed by atoms with Gasteiger partial charge in [-0.2, -0.15) is 5.10 Å². The molecular formula is C10H11N5O2. The normalized spacial score (nSPS) is 15.1. The minimum Gasteiger partial charge on any atom is -0.282 e. The van der Waals surface area contributed by atoms with E-state index in [1.165, 1.54) is 16.8 Å². The van der Waals surface area contributed by atoms with Gasteiger partial charge >= 0.3 is 5.69 Å². The van der Waals surface area contributed by atoms with Crippen LogP contribution in [0.5, 0.6) is 0 Å². The van der Waals surface area contributed by atoms with E-state index in [0.29, 0.717) is 6.67 Å². The van der Waals surface area contributed by atoms with Crippen molar-refractivity contribution in [2.75, 3.05) is 7.05 Å². The van der Waals surface area contributed by atoms with Crippen LogP contribution in [0.1, 0.15) is 5.69 Å². The van der Waals surface area contributed by atoms with Gasteiger partial charge in [-0.15, -0.1) is 0 Å². The summed E-state index contributed by atoms with van der Waals surface area (Å²) < 4.78 is 3.24. The molecular weight excluding hydrogens is 222 g/mol. The molecule has 3 rings (SSSR count). The van der Waals surface area contributed by atoms with Gasteiger partial charge in [-0.3, -0.25) is 23.9 Å². The van der Waals surface area contributed by atoms with E-state index in [1.807, 2.05) is 11.7 Å². The molecule has 2 aromatic rings. The summed E-state index contributed by atoms with van der Waals surface area (Å²) in [6.45, 7) is 1.45. The van der Waals surface area contributed by atoms with E-state index in [1.54, 1.807) is 6.20 Å². The lowest BCUT2D eigenvalue weighted by Crippen LogP contribution is -2.27. The van der Waals surface area contributed by atoms with E-state index in [2.05, 4.69) is 15.0 Å². The summed E-state index contributed by atoms with van der Waals surface area (Å²) >= 11 is 0. The Morgan fingerprint density at radius 2 is 2.24 bits per heavy atom. The van der Waals surface area contributed by atoms with Crippen molar-refractivity contribution in [1.82, 2.24) is 24.2 Å². The van der Waals surface area contributed by atoms with Crippen molar-refractivity contribution in [3.63, 3.8) is 0 Å². The molecule has 1 N–H and O–H groups in total. The molecule has 0 unspecified atom stereocenters. The van der Waals surface area contributed by atoms with Gasteiger partial charge in [0.05, 0.1) is 24.2 Å². The maximum atomic E-state index is 11.7. The summed E-state index contributed by atoms with van der Waals surface area (Å²) in [4.78, 5) is 27.0. The van der Waals surface area contributed by atoms with Crippen LogP contribution in [0.25, 0.3) is 5.69 Å². The molecule has 0 saturated carbocycles. The molecule has 17 heavy (non-hydrogen) atoms. The van der Waals surface area contributed by atoms with E-state index >= 15 is 0 Å². The Hall–Kier alpha value is -2.15. The van der Waals surface area contributed by atoms with E-state index in [-0.39, 0.29) is 0 Å². The summed E-state index contributed by atoms with van der Waals surface area (Å²) in [6, 6.07) is 1.32. The van der Waals surface area contributed by atoms with E-state index in [0.717, 1.165) is 17.9 Å². The molecule has 0 spiro atoms. The predicted octanol–water partition coefficient (Wildman–Crippen LogP) is -0.875. The number of aromatic amines is 1. The lowest BCUT2D eigenvalue weighted by Gasteiger charge is -2.05. The smallest absolute Gasteiger partial charge is 0.282 e. The van der Waals surface area contributed by atoms with Crippen molar-refractivity contribution in [2.24, 2.45) is 0 Å². The molecule has 7 nitrogen and oxygen atoms in total. The van der Waals surface area contributed by atoms with Crippen molar-refractivity contribution >= 4 is 0 Å². The molecule has 0 bridgehead atoms. The van der Waals surface area contributed by atoms with Crippen molar-refractivity contribution < 1.29 is 0 Å². The van der Waals surface area contributed by atoms with Crippen LogP contribution in [-0.2, 0) is 13.2 Å². The zero-order chi connectivity index (χ0) is 12.0. The number of hydrogen-bond acceptors (Lipinski definition) is 4. The molecule has 0 aromatic carbocycles. The minimum absolute atomic E-state index is 0.396. The second-order valence-corrected chi connectivity index (χ2v) is 4.11. The average molecular weight is 233 g/mol. The Labute approximate surface area is 95.9 Å². The first-order chi connectivity index (χ1) is 8.15. The Morgan fingerprint density at radius 3 is 3.00 bits per heavy atom. The van der Waals surface area contributed by atoms with Gasteiger partial charge < -0.3 is 0 Å². The summed E-state index contributed by atoms with van der Waals surface area (Å²) in [5.41, 5.74) is 0.854. The molecule has 0 fully saturated rings. The second-order valence-electron chi connectivity index (χ2n) is 4.11. The fourth-order valence-electron chi connectivity index (χ4n) is 2.03. The summed E-state index contributed by atoms with van der Waals surface area (Å²) in [5.74, 6) is 0. The highest BCUT2D eigenvalue weighted by molar-refractivity contribution is 5.35. The Bertz CT molecular complexity index is 680. The second kappa shape index (κ2) is 3.42. The number of fused-ring (bicyclic) bond motifs is 1. The summed E-state index contributed by atoms with van der Waals surface area (Å²) in [5, 5.41) is 4.21. The molecule has 3 heterocycles. The molecule has 0 aliphatic carbocycles. The summed E-state index contributed by atoms with van der Waals surface area (Å²) in [7, 11) is 1.98. The molecule has 1 aliphatic heterocycles. The van der Waals surface area contributed by atoms with Crippen LogP contribution in [0.15, 0.2) is 28.0 Å². The number of nitrogens with zero attached hydrogens (tertiary/aromatic N) is 4. The van der Waals surface area contributed by atoms with Gasteiger partial charge in [-0.25, -0.2) is 4.79 Å². The van der Waals surface area contributed by atoms with E-state index in [4.69, 9.17) is 0 Å². The maximum Gasteiger partial charge on any atom is 0.333 e. The van der Waals surface area contributed by atoms with Gasteiger partial charge in [-0.05, 0) is 7.05 Å². The summed E-state index contributed by atoms with van der Waals surface area (Å²) in [6.07, 6.45) is 3.11. The zero-order valence-electron chi connectivity index (χ0n) is 9.25. The first-order valence-corrected chi connectivity index (χ1v) is 5.21. The Kier molecular flexibility index (Phi) is 2.02. The standard InChI is InChI=1S/C10H11N5O2/c1-13-5-8-7(4-11-15(8)6-13)14-3-2-9(16)12-10(14)17/h2-4H,5-6H2,1H3,(H,12,16,17). The van der Waals surface area contributed by atoms with Gasteiger partial charge in [0, 0.05) is 18.8 Å². The van der Waals surface area contributed by atoms with Crippen LogP contribution in [0.2, 0.25) is 0 Å². The largest absolute Gasteiger partial charge is 0.333 e. The molecule has 0 saturated heterocycles. The number of H-pyrrole nitrogens is 1. The lowest BCUT2D eigenvalue weighted by atomic mass is 10.3. The Balaban J connectivity index is 2.17. The Morgan fingerprint density at radius 1 is 1.41 bits per heavy atom. The third kappa shape index (κ3) is 1.51. The van der Waals surface area contributed by atoms with Crippen LogP contribution < -0.4 is 11.2 Å². The van der Waals surface area contributed by atoms with Crippen LogP contribution in [0, 0.1) is 0 Å². The maximum absolute atomic E-state index is 11.7. The monoisotopic (exact) mass is 233 g/mol. The number of aromatic nitrogens is 4. The highest BCUT2D eigenvalue weighted by atomic mass is 16.2. The molecule has 88 valence electrons. The average Bonchev–Trinajstić information content (AvgIpc) is 2.78. The van der Waals surface area contributed by atoms with Gasteiger partial charge in [0.2, 0.25) is 0 Å². The SMILES string of the molecule is CN1Cc2c(-n3ccc(=O)[nH]c3=O)cnn2C1. The first-order valence-electron chi connectivity index (χ1n) is 5.21. The van der Waals surface area contributed by atoms with Crippen LogP contribution in [-0.4, -0.2) is 31.3 Å². The quantitative estimate of drug-likeness (QED) is 0.694. The highest BCUT2D eigenvalue weighted by Gasteiger charge is 2.21. The van der Waals surface area contributed by atoms with Crippen molar-refractivity contribution in [2.45, 2.75) is 13.2 Å². The molecule has 2 aromatic heterocycles. The minimum atomic E-state index is -0.442. The fraction of sp³-hybridized carbons (Fsp3) is 0.300. The highest BCUT2D eigenvalue weighted by Crippen LogP contribution is 2.19. The lowest BCUT2D eigenvalue weighted by molar-refractivity contribution is 0.306. The van der Waals surface area contributed by atoms with Crippen LogP contribution in [0.3, 0.4) is 0 Å². The van der Waals surface area contributed by atoms with Gasteiger partial charge in [0.1, 0.15) is 0 Å². The number of hydrogen-bond donors (Lipinski definition) is 1. The fourth-order valence-corrected chi connectivity index (χ4v) is 2.03. The van der Waals surface area contributed by atoms with Crippen molar-refractivity contribution in [3.8, 4) is 5.69 Å². The molecule has 0 atom stereocenters. The zero-order valence-corrected chi connectivity index (χ0v) is 9.25. The van der Waals surface area contributed by atoms with Gasteiger partial charge in [0.15, 0.2) is 0 Å². The van der Waals surface area contributed by atoms with Crippen molar-refractivity contribution in [3.05, 3.63) is 45.0 Å². The first kappa shape index (κ1) is 10.0. The molecule has 0 amide bonds. The predicted molar refractivity (Wildman–Crippen MR) is 59.9 cm³/mol. The third-order valence-corrected chi connectivity index (χ3v) is 2.81.